The minimum atomic E-state index is -4.45. The molecule has 0 bridgehead atoms. The molecule has 1 rings (SSSR count). The van der Waals surface area contributed by atoms with Crippen molar-refractivity contribution >= 4 is 21.8 Å². The van der Waals surface area contributed by atoms with Gasteiger partial charge in [0.2, 0.25) is 5.91 Å². The summed E-state index contributed by atoms with van der Waals surface area (Å²) in [6, 6.07) is 0. The third-order valence-electron chi connectivity index (χ3n) is 2.36. The molecule has 0 spiro atoms. The Morgan fingerprint density at radius 1 is 1.53 bits per heavy atom. The van der Waals surface area contributed by atoms with Crippen LogP contribution in [0.3, 0.4) is 0 Å². The molecule has 17 heavy (non-hydrogen) atoms. The molecule has 0 aromatic carbocycles. The van der Waals surface area contributed by atoms with Gasteiger partial charge < -0.3 is 9.64 Å². The van der Waals surface area contributed by atoms with E-state index in [1.54, 1.807) is 13.8 Å². The Hall–Kier alpha value is -0.300. The van der Waals surface area contributed by atoms with E-state index in [0.29, 0.717) is 5.33 Å². The van der Waals surface area contributed by atoms with Crippen LogP contribution in [-0.2, 0) is 9.53 Å². The van der Waals surface area contributed by atoms with Crippen molar-refractivity contribution in [1.82, 2.24) is 4.90 Å². The van der Waals surface area contributed by atoms with Crippen LogP contribution in [0.4, 0.5) is 13.2 Å². The van der Waals surface area contributed by atoms with Gasteiger partial charge in [-0.2, -0.15) is 13.2 Å². The molecule has 1 fully saturated rings. The van der Waals surface area contributed by atoms with Crippen LogP contribution in [0, 0.1) is 0 Å². The van der Waals surface area contributed by atoms with Crippen LogP contribution in [0.2, 0.25) is 0 Å². The Labute approximate surface area is 106 Å². The van der Waals surface area contributed by atoms with Crippen LogP contribution in [0.1, 0.15) is 20.3 Å². The van der Waals surface area contributed by atoms with Crippen molar-refractivity contribution in [2.75, 3.05) is 18.4 Å². The normalized spacial score (nSPS) is 24.8. The lowest BCUT2D eigenvalue weighted by molar-refractivity contribution is -0.176. The van der Waals surface area contributed by atoms with Crippen LogP contribution in [0.25, 0.3) is 0 Å². The average molecular weight is 318 g/mol. The quantitative estimate of drug-likeness (QED) is 0.732. The summed E-state index contributed by atoms with van der Waals surface area (Å²) in [6.45, 7) is 3.90. The molecule has 1 aliphatic heterocycles. The summed E-state index contributed by atoms with van der Waals surface area (Å²) in [5.74, 6) is -0.889. The van der Waals surface area contributed by atoms with Crippen LogP contribution in [-0.4, -0.2) is 47.1 Å². The van der Waals surface area contributed by atoms with Crippen LogP contribution < -0.4 is 0 Å². The lowest BCUT2D eigenvalue weighted by Crippen LogP contribution is -2.55. The predicted octanol–water partition coefficient (Wildman–Crippen LogP) is 2.34. The highest BCUT2D eigenvalue weighted by Crippen LogP contribution is 2.26. The molecule has 0 aromatic rings. The van der Waals surface area contributed by atoms with E-state index < -0.39 is 24.1 Å². The molecule has 7 heteroatoms. The smallest absolute Gasteiger partial charge is 0.368 e. The zero-order valence-electron chi connectivity index (χ0n) is 9.68. The molecular formula is C10H15BrF3NO2. The van der Waals surface area contributed by atoms with Crippen molar-refractivity contribution in [3.05, 3.63) is 0 Å². The van der Waals surface area contributed by atoms with E-state index in [-0.39, 0.29) is 19.2 Å². The highest BCUT2D eigenvalue weighted by Gasteiger charge is 2.39. The average Bonchev–Trinajstić information content (AvgIpc) is 2.12. The van der Waals surface area contributed by atoms with Gasteiger partial charge in [0.05, 0.1) is 11.7 Å². The first-order valence-electron chi connectivity index (χ1n) is 5.21. The van der Waals surface area contributed by atoms with Crippen molar-refractivity contribution in [1.29, 1.82) is 0 Å². The molecule has 0 saturated carbocycles. The number of morpholine rings is 1. The summed E-state index contributed by atoms with van der Waals surface area (Å²) in [5.41, 5.74) is -0.613. The van der Waals surface area contributed by atoms with Crippen LogP contribution in [0.5, 0.6) is 0 Å². The fraction of sp³-hybridized carbons (Fsp3) is 0.900. The van der Waals surface area contributed by atoms with Crippen LogP contribution in [0.15, 0.2) is 0 Å². The molecule has 0 radical (unpaired) electrons. The number of carbonyl (C=O) groups is 1. The molecule has 1 atom stereocenters. The van der Waals surface area contributed by atoms with Gasteiger partial charge in [-0.25, -0.2) is 0 Å². The van der Waals surface area contributed by atoms with Crippen LogP contribution >= 0.6 is 15.9 Å². The summed E-state index contributed by atoms with van der Waals surface area (Å²) in [4.78, 5) is 12.7. The molecule has 0 aromatic heterocycles. The van der Waals surface area contributed by atoms with E-state index >= 15 is 0 Å². The lowest BCUT2D eigenvalue weighted by Gasteiger charge is -2.42. The third kappa shape index (κ3) is 4.83. The number of rotatable bonds is 2. The largest absolute Gasteiger partial charge is 0.397 e. The first-order chi connectivity index (χ1) is 7.63. The van der Waals surface area contributed by atoms with E-state index in [2.05, 4.69) is 15.9 Å². The van der Waals surface area contributed by atoms with Crippen molar-refractivity contribution in [2.45, 2.75) is 38.1 Å². The van der Waals surface area contributed by atoms with Gasteiger partial charge in [0.15, 0.2) is 0 Å². The molecular weight excluding hydrogens is 303 g/mol. The first-order valence-corrected chi connectivity index (χ1v) is 6.33. The number of hydrogen-bond donors (Lipinski definition) is 0. The van der Waals surface area contributed by atoms with E-state index in [4.69, 9.17) is 4.74 Å². The maximum atomic E-state index is 12.1. The second-order valence-corrected chi connectivity index (χ2v) is 5.37. The Morgan fingerprint density at radius 2 is 2.12 bits per heavy atom. The molecule has 1 heterocycles. The van der Waals surface area contributed by atoms with Gasteiger partial charge >= 0.3 is 6.18 Å². The molecule has 0 N–H and O–H groups in total. The molecule has 100 valence electrons. The number of halogens is 4. The summed E-state index contributed by atoms with van der Waals surface area (Å²) < 4.78 is 42.0. The standard InChI is InChI=1S/C10H15BrF3NO2/c1-9(2)6-15(5-7(4-11)17-9)8(16)3-10(12,13)14/h7H,3-6H2,1-2H3. The highest BCUT2D eigenvalue weighted by atomic mass is 79.9. The fourth-order valence-electron chi connectivity index (χ4n) is 1.85. The molecule has 0 aliphatic carbocycles. The topological polar surface area (TPSA) is 29.5 Å². The Morgan fingerprint density at radius 3 is 2.59 bits per heavy atom. The Balaban J connectivity index is 2.67. The summed E-state index contributed by atoms with van der Waals surface area (Å²) in [5, 5.41) is 0.492. The number of amides is 1. The van der Waals surface area contributed by atoms with Gasteiger partial charge in [-0.1, -0.05) is 15.9 Å². The van der Waals surface area contributed by atoms with Crippen molar-refractivity contribution in [3.63, 3.8) is 0 Å². The molecule has 1 aliphatic rings. The maximum absolute atomic E-state index is 12.1. The first kappa shape index (κ1) is 14.8. The maximum Gasteiger partial charge on any atom is 0.397 e. The van der Waals surface area contributed by atoms with Gasteiger partial charge in [-0.15, -0.1) is 0 Å². The lowest BCUT2D eigenvalue weighted by atomic mass is 10.1. The van der Waals surface area contributed by atoms with E-state index in [0.717, 1.165) is 0 Å². The van der Waals surface area contributed by atoms with Crippen molar-refractivity contribution < 1.29 is 22.7 Å². The Bertz CT molecular complexity index is 294. The summed E-state index contributed by atoms with van der Waals surface area (Å²) in [6.07, 6.45) is -6.13. The van der Waals surface area contributed by atoms with E-state index in [1.807, 2.05) is 0 Å². The monoisotopic (exact) mass is 317 g/mol. The SMILES string of the molecule is CC1(C)CN(C(=O)CC(F)(F)F)CC(CBr)O1. The van der Waals surface area contributed by atoms with Crippen molar-refractivity contribution in [3.8, 4) is 0 Å². The molecule has 1 amide bonds. The zero-order valence-corrected chi connectivity index (χ0v) is 11.3. The molecule has 1 unspecified atom stereocenters. The van der Waals surface area contributed by atoms with Crippen molar-refractivity contribution in [2.24, 2.45) is 0 Å². The van der Waals surface area contributed by atoms with E-state index in [1.165, 1.54) is 4.90 Å². The fourth-order valence-corrected chi connectivity index (χ4v) is 2.19. The van der Waals surface area contributed by atoms with Gasteiger partial charge in [0.1, 0.15) is 6.42 Å². The number of ether oxygens (including phenoxy) is 1. The summed E-state index contributed by atoms with van der Waals surface area (Å²) >= 11 is 3.22. The summed E-state index contributed by atoms with van der Waals surface area (Å²) in [7, 11) is 0. The van der Waals surface area contributed by atoms with Gasteiger partial charge in [0, 0.05) is 18.4 Å². The molecule has 3 nitrogen and oxygen atoms in total. The molecule has 1 saturated heterocycles. The Kier molecular flexibility index (Phi) is 4.46. The van der Waals surface area contributed by atoms with Gasteiger partial charge in [-0.05, 0) is 13.8 Å². The number of alkyl halides is 4. The number of carbonyl (C=O) groups excluding carboxylic acids is 1. The number of hydrogen-bond acceptors (Lipinski definition) is 2. The van der Waals surface area contributed by atoms with E-state index in [9.17, 15) is 18.0 Å². The predicted molar refractivity (Wildman–Crippen MR) is 60.0 cm³/mol. The second kappa shape index (κ2) is 5.14. The van der Waals surface area contributed by atoms with Gasteiger partial charge in [0.25, 0.3) is 0 Å². The minimum Gasteiger partial charge on any atom is -0.368 e. The second-order valence-electron chi connectivity index (χ2n) is 4.72. The van der Waals surface area contributed by atoms with Gasteiger partial charge in [-0.3, -0.25) is 4.79 Å². The minimum absolute atomic E-state index is 0.186. The number of nitrogens with zero attached hydrogens (tertiary/aromatic N) is 1. The zero-order chi connectivity index (χ0) is 13.3. The third-order valence-corrected chi connectivity index (χ3v) is 3.08. The highest BCUT2D eigenvalue weighted by molar-refractivity contribution is 9.09.